The maximum atomic E-state index is 14.3. The molecule has 174 valence electrons. The van der Waals surface area contributed by atoms with E-state index in [-0.39, 0.29) is 23.1 Å². The molecule has 3 aromatic rings. The van der Waals surface area contributed by atoms with Crippen LogP contribution in [0.25, 0.3) is 5.65 Å². The van der Waals surface area contributed by atoms with Crippen LogP contribution in [-0.4, -0.2) is 76.6 Å². The topological polar surface area (TPSA) is 92.4 Å². The van der Waals surface area contributed by atoms with E-state index in [1.165, 1.54) is 22.8 Å². The molecule has 0 aliphatic carbocycles. The minimum atomic E-state index is -1.08. The molecule has 9 nitrogen and oxygen atoms in total. The Bertz CT molecular complexity index is 1150. The molecule has 10 heteroatoms. The van der Waals surface area contributed by atoms with Crippen LogP contribution in [0.1, 0.15) is 34.8 Å². The molecule has 0 radical (unpaired) electrons. The minimum Gasteiger partial charge on any atom is -0.492 e. The fourth-order valence-corrected chi connectivity index (χ4v) is 4.56. The Kier molecular flexibility index (Phi) is 6.10. The fraction of sp³-hybridized carbons (Fsp3) is 0.435. The molecule has 33 heavy (non-hydrogen) atoms. The highest BCUT2D eigenvalue weighted by atomic mass is 19.1. The molecule has 0 spiro atoms. The van der Waals surface area contributed by atoms with E-state index in [0.717, 1.165) is 57.8 Å². The molecule has 0 unspecified atom stereocenters. The number of hydrogen-bond acceptors (Lipinski definition) is 7. The number of carboxylic acid groups (broad SMARTS) is 1. The van der Waals surface area contributed by atoms with Crippen molar-refractivity contribution in [3.63, 3.8) is 0 Å². The van der Waals surface area contributed by atoms with Gasteiger partial charge >= 0.3 is 5.97 Å². The number of halogens is 1. The lowest BCUT2D eigenvalue weighted by atomic mass is 10.0. The van der Waals surface area contributed by atoms with Crippen LogP contribution in [0.2, 0.25) is 0 Å². The van der Waals surface area contributed by atoms with Crippen molar-refractivity contribution in [3.8, 4) is 5.75 Å². The van der Waals surface area contributed by atoms with Crippen molar-refractivity contribution in [2.75, 3.05) is 50.9 Å². The first-order chi connectivity index (χ1) is 16.1. The van der Waals surface area contributed by atoms with Crippen LogP contribution in [0, 0.1) is 5.82 Å². The highest BCUT2D eigenvalue weighted by Crippen LogP contribution is 2.39. The van der Waals surface area contributed by atoms with Crippen LogP contribution in [0.5, 0.6) is 5.75 Å². The average molecular weight is 455 g/mol. The van der Waals surface area contributed by atoms with Crippen molar-refractivity contribution in [2.45, 2.75) is 18.9 Å². The van der Waals surface area contributed by atoms with Gasteiger partial charge in [0.05, 0.1) is 25.5 Å². The van der Waals surface area contributed by atoms with Crippen LogP contribution in [0.3, 0.4) is 0 Å². The molecule has 0 saturated carbocycles. The number of aromatic nitrogens is 3. The molecular formula is C23H26FN5O4. The third kappa shape index (κ3) is 4.49. The van der Waals surface area contributed by atoms with Crippen molar-refractivity contribution in [1.82, 2.24) is 19.5 Å². The van der Waals surface area contributed by atoms with E-state index < -0.39 is 5.97 Å². The summed E-state index contributed by atoms with van der Waals surface area (Å²) < 4.78 is 27.2. The average Bonchev–Trinajstić information content (AvgIpc) is 3.47. The number of aromatic carboxylic acids is 1. The molecule has 5 rings (SSSR count). The molecule has 0 bridgehead atoms. The minimum absolute atomic E-state index is 0.0467. The Hall–Kier alpha value is -3.24. The predicted molar refractivity (Wildman–Crippen MR) is 118 cm³/mol. The first kappa shape index (κ1) is 21.6. The highest BCUT2D eigenvalue weighted by Gasteiger charge is 2.30. The first-order valence-corrected chi connectivity index (χ1v) is 11.2. The van der Waals surface area contributed by atoms with Gasteiger partial charge in [-0.2, -0.15) is 5.10 Å². The van der Waals surface area contributed by atoms with Crippen molar-refractivity contribution in [3.05, 3.63) is 53.6 Å². The van der Waals surface area contributed by atoms with E-state index in [1.807, 2.05) is 6.07 Å². The monoisotopic (exact) mass is 455 g/mol. The van der Waals surface area contributed by atoms with Crippen molar-refractivity contribution in [2.24, 2.45) is 0 Å². The van der Waals surface area contributed by atoms with E-state index >= 15 is 0 Å². The molecule has 1 aromatic carbocycles. The van der Waals surface area contributed by atoms with E-state index in [2.05, 4.69) is 19.9 Å². The number of ether oxygens (including phenoxy) is 2. The standard InChI is InChI=1S/C23H26FN5O4/c24-16-3-4-20(33-13-10-27-8-11-32-12-9-27)17(14-16)19-2-1-6-28(19)21-5-7-29-22(26-21)18(15-25-29)23(30)31/h3-5,7,14-15,19H,1-2,6,8-13H2,(H,30,31)/t19-/m1/s1. The number of benzene rings is 1. The fourth-order valence-electron chi connectivity index (χ4n) is 4.56. The third-order valence-corrected chi connectivity index (χ3v) is 6.23. The Labute approximate surface area is 190 Å². The number of hydrogen-bond donors (Lipinski definition) is 1. The van der Waals surface area contributed by atoms with E-state index in [1.54, 1.807) is 12.3 Å². The molecule has 2 aliphatic rings. The van der Waals surface area contributed by atoms with Gasteiger partial charge in [-0.15, -0.1) is 0 Å². The summed E-state index contributed by atoms with van der Waals surface area (Å²) in [7, 11) is 0. The van der Waals surface area contributed by atoms with Gasteiger partial charge < -0.3 is 19.5 Å². The van der Waals surface area contributed by atoms with Crippen molar-refractivity contribution >= 4 is 17.4 Å². The van der Waals surface area contributed by atoms with E-state index in [4.69, 9.17) is 9.47 Å². The molecular weight excluding hydrogens is 429 g/mol. The van der Waals surface area contributed by atoms with Gasteiger partial charge in [0, 0.05) is 37.9 Å². The number of morpholine rings is 1. The quantitative estimate of drug-likeness (QED) is 0.581. The molecule has 2 aliphatic heterocycles. The predicted octanol–water partition coefficient (Wildman–Crippen LogP) is 2.62. The SMILES string of the molecule is O=C(O)c1cnn2ccc(N3CCC[C@@H]3c3cc(F)ccc3OCCN3CCOCC3)nc12. The van der Waals surface area contributed by atoms with Gasteiger partial charge in [0.15, 0.2) is 5.65 Å². The van der Waals surface area contributed by atoms with Crippen LogP contribution >= 0.6 is 0 Å². The van der Waals surface area contributed by atoms with Crippen LogP contribution < -0.4 is 9.64 Å². The maximum absolute atomic E-state index is 14.3. The summed E-state index contributed by atoms with van der Waals surface area (Å²) in [6.45, 7) is 5.26. The van der Waals surface area contributed by atoms with Crippen molar-refractivity contribution < 1.29 is 23.8 Å². The Balaban J connectivity index is 1.39. The number of nitrogens with zero attached hydrogens (tertiary/aromatic N) is 5. The lowest BCUT2D eigenvalue weighted by molar-refractivity contribution is 0.0322. The third-order valence-electron chi connectivity index (χ3n) is 6.23. The lowest BCUT2D eigenvalue weighted by Crippen LogP contribution is -2.38. The summed E-state index contributed by atoms with van der Waals surface area (Å²) in [5, 5.41) is 13.5. The Morgan fingerprint density at radius 2 is 2.09 bits per heavy atom. The smallest absolute Gasteiger partial charge is 0.341 e. The van der Waals surface area contributed by atoms with E-state index in [0.29, 0.717) is 18.2 Å². The van der Waals surface area contributed by atoms with Crippen LogP contribution in [0.15, 0.2) is 36.7 Å². The number of rotatable bonds is 7. The summed E-state index contributed by atoms with van der Waals surface area (Å²) in [5.74, 6) is -0.0896. The highest BCUT2D eigenvalue weighted by molar-refractivity contribution is 5.94. The van der Waals surface area contributed by atoms with Gasteiger partial charge in [-0.1, -0.05) is 0 Å². The maximum Gasteiger partial charge on any atom is 0.341 e. The second kappa shape index (κ2) is 9.32. The summed E-state index contributed by atoms with van der Waals surface area (Å²) in [5.41, 5.74) is 1.11. The van der Waals surface area contributed by atoms with Gasteiger partial charge in [0.25, 0.3) is 0 Å². The zero-order valence-corrected chi connectivity index (χ0v) is 18.2. The molecule has 2 aromatic heterocycles. The zero-order chi connectivity index (χ0) is 22.8. The van der Waals surface area contributed by atoms with Gasteiger partial charge in [0.2, 0.25) is 0 Å². The second-order valence-electron chi connectivity index (χ2n) is 8.25. The summed E-state index contributed by atoms with van der Waals surface area (Å²) in [4.78, 5) is 20.5. The molecule has 1 atom stereocenters. The lowest BCUT2D eigenvalue weighted by Gasteiger charge is -2.29. The summed E-state index contributed by atoms with van der Waals surface area (Å²) >= 11 is 0. The van der Waals surface area contributed by atoms with E-state index in [9.17, 15) is 14.3 Å². The van der Waals surface area contributed by atoms with Crippen molar-refractivity contribution in [1.29, 1.82) is 0 Å². The van der Waals surface area contributed by atoms with Gasteiger partial charge in [0.1, 0.15) is 29.6 Å². The van der Waals surface area contributed by atoms with Gasteiger partial charge in [-0.05, 0) is 37.1 Å². The summed E-state index contributed by atoms with van der Waals surface area (Å²) in [6, 6.07) is 6.33. The molecule has 4 heterocycles. The summed E-state index contributed by atoms with van der Waals surface area (Å²) in [6.07, 6.45) is 4.72. The molecule has 1 N–H and O–H groups in total. The zero-order valence-electron chi connectivity index (χ0n) is 18.2. The molecule has 2 saturated heterocycles. The van der Waals surface area contributed by atoms with Gasteiger partial charge in [-0.3, -0.25) is 4.90 Å². The number of carboxylic acids is 1. The number of anilines is 1. The molecule has 2 fully saturated rings. The molecule has 0 amide bonds. The van der Waals surface area contributed by atoms with Gasteiger partial charge in [-0.25, -0.2) is 18.7 Å². The number of fused-ring (bicyclic) bond motifs is 1. The normalized spacial score (nSPS) is 19.3. The first-order valence-electron chi connectivity index (χ1n) is 11.2. The number of carbonyl (C=O) groups is 1. The Morgan fingerprint density at radius 3 is 2.91 bits per heavy atom. The largest absolute Gasteiger partial charge is 0.492 e. The van der Waals surface area contributed by atoms with Crippen LogP contribution in [-0.2, 0) is 4.74 Å². The van der Waals surface area contributed by atoms with Crippen LogP contribution in [0.4, 0.5) is 10.2 Å². The Morgan fingerprint density at radius 1 is 1.24 bits per heavy atom. The second-order valence-corrected chi connectivity index (χ2v) is 8.25.